The SMILES string of the molecule is CCc1ccc(CNC(=O)c2ccccc2Cc2ccccc2)cc1. The molecule has 3 aromatic carbocycles. The zero-order valence-corrected chi connectivity index (χ0v) is 14.5. The van der Waals surface area contributed by atoms with Gasteiger partial charge in [-0.05, 0) is 41.2 Å². The predicted molar refractivity (Wildman–Crippen MR) is 103 cm³/mol. The first-order chi connectivity index (χ1) is 12.3. The van der Waals surface area contributed by atoms with Gasteiger partial charge in [0.05, 0.1) is 0 Å². The van der Waals surface area contributed by atoms with Crippen molar-refractivity contribution in [3.63, 3.8) is 0 Å². The number of aryl methyl sites for hydroxylation is 1. The van der Waals surface area contributed by atoms with E-state index < -0.39 is 0 Å². The highest BCUT2D eigenvalue weighted by molar-refractivity contribution is 5.95. The van der Waals surface area contributed by atoms with Crippen LogP contribution < -0.4 is 5.32 Å². The molecule has 25 heavy (non-hydrogen) atoms. The fraction of sp³-hybridized carbons (Fsp3) is 0.174. The highest BCUT2D eigenvalue weighted by Gasteiger charge is 2.11. The highest BCUT2D eigenvalue weighted by atomic mass is 16.1. The molecule has 0 aromatic heterocycles. The van der Waals surface area contributed by atoms with Crippen molar-refractivity contribution >= 4 is 5.91 Å². The summed E-state index contributed by atoms with van der Waals surface area (Å²) in [4.78, 5) is 12.6. The van der Waals surface area contributed by atoms with Gasteiger partial charge in [-0.15, -0.1) is 0 Å². The zero-order valence-electron chi connectivity index (χ0n) is 14.5. The molecule has 0 aliphatic heterocycles. The molecular formula is C23H23NO. The third-order valence-electron chi connectivity index (χ3n) is 4.38. The lowest BCUT2D eigenvalue weighted by Crippen LogP contribution is -2.24. The Morgan fingerprint density at radius 3 is 2.12 bits per heavy atom. The van der Waals surface area contributed by atoms with Gasteiger partial charge in [-0.25, -0.2) is 0 Å². The van der Waals surface area contributed by atoms with Gasteiger partial charge in [0.25, 0.3) is 5.91 Å². The maximum absolute atomic E-state index is 12.6. The molecule has 0 radical (unpaired) electrons. The van der Waals surface area contributed by atoms with E-state index in [9.17, 15) is 4.79 Å². The average Bonchev–Trinajstić information content (AvgIpc) is 2.68. The molecule has 0 unspecified atom stereocenters. The van der Waals surface area contributed by atoms with Crippen molar-refractivity contribution in [3.05, 3.63) is 107 Å². The quantitative estimate of drug-likeness (QED) is 0.693. The third kappa shape index (κ3) is 4.57. The summed E-state index contributed by atoms with van der Waals surface area (Å²) in [6, 6.07) is 26.4. The average molecular weight is 329 g/mol. The smallest absolute Gasteiger partial charge is 0.251 e. The van der Waals surface area contributed by atoms with E-state index in [-0.39, 0.29) is 5.91 Å². The molecule has 0 heterocycles. The standard InChI is InChI=1S/C23H23NO/c1-2-18-12-14-20(15-13-18)17-24-23(25)22-11-7-6-10-21(22)16-19-8-4-3-5-9-19/h3-15H,2,16-17H2,1H3,(H,24,25). The van der Waals surface area contributed by atoms with Crippen LogP contribution in [0.2, 0.25) is 0 Å². The normalized spacial score (nSPS) is 10.4. The summed E-state index contributed by atoms with van der Waals surface area (Å²) in [5, 5.41) is 3.04. The summed E-state index contributed by atoms with van der Waals surface area (Å²) < 4.78 is 0. The minimum absolute atomic E-state index is 0.0221. The Hall–Kier alpha value is -2.87. The van der Waals surface area contributed by atoms with Crippen LogP contribution in [0.5, 0.6) is 0 Å². The summed E-state index contributed by atoms with van der Waals surface area (Å²) >= 11 is 0. The first kappa shape index (κ1) is 17.0. The first-order valence-electron chi connectivity index (χ1n) is 8.74. The van der Waals surface area contributed by atoms with E-state index in [1.165, 1.54) is 11.1 Å². The van der Waals surface area contributed by atoms with Gasteiger partial charge in [0.2, 0.25) is 0 Å². The molecule has 3 rings (SSSR count). The molecule has 0 aliphatic rings. The molecule has 2 nitrogen and oxygen atoms in total. The summed E-state index contributed by atoms with van der Waals surface area (Å²) in [6.45, 7) is 2.68. The molecule has 0 bridgehead atoms. The molecule has 0 aliphatic carbocycles. The Balaban J connectivity index is 1.69. The van der Waals surface area contributed by atoms with Crippen molar-refractivity contribution in [1.82, 2.24) is 5.32 Å². The summed E-state index contributed by atoms with van der Waals surface area (Å²) in [7, 11) is 0. The second kappa shape index (κ2) is 8.29. The second-order valence-electron chi connectivity index (χ2n) is 6.17. The van der Waals surface area contributed by atoms with Gasteiger partial charge in [-0.1, -0.05) is 79.7 Å². The Labute approximate surface area is 149 Å². The van der Waals surface area contributed by atoms with Gasteiger partial charge in [0.15, 0.2) is 0 Å². The van der Waals surface area contributed by atoms with Gasteiger partial charge >= 0.3 is 0 Å². The third-order valence-corrected chi connectivity index (χ3v) is 4.38. The maximum Gasteiger partial charge on any atom is 0.251 e. The van der Waals surface area contributed by atoms with Crippen LogP contribution in [-0.4, -0.2) is 5.91 Å². The molecular weight excluding hydrogens is 306 g/mol. The van der Waals surface area contributed by atoms with Crippen LogP contribution in [0.15, 0.2) is 78.9 Å². The van der Waals surface area contributed by atoms with Crippen LogP contribution in [0.1, 0.15) is 39.5 Å². The first-order valence-corrected chi connectivity index (χ1v) is 8.74. The van der Waals surface area contributed by atoms with Crippen molar-refractivity contribution < 1.29 is 4.79 Å². The molecule has 1 amide bonds. The number of carbonyl (C=O) groups is 1. The van der Waals surface area contributed by atoms with Gasteiger partial charge in [-0.2, -0.15) is 0 Å². The van der Waals surface area contributed by atoms with E-state index >= 15 is 0 Å². The van der Waals surface area contributed by atoms with Gasteiger partial charge < -0.3 is 5.32 Å². The lowest BCUT2D eigenvalue weighted by molar-refractivity contribution is 0.0950. The molecule has 126 valence electrons. The van der Waals surface area contributed by atoms with Crippen LogP contribution in [0.4, 0.5) is 0 Å². The largest absolute Gasteiger partial charge is 0.348 e. The van der Waals surface area contributed by atoms with Crippen LogP contribution in [0.25, 0.3) is 0 Å². The molecule has 0 saturated heterocycles. The second-order valence-corrected chi connectivity index (χ2v) is 6.17. The zero-order chi connectivity index (χ0) is 17.5. The minimum atomic E-state index is -0.0221. The van der Waals surface area contributed by atoms with Crippen molar-refractivity contribution in [2.75, 3.05) is 0 Å². The topological polar surface area (TPSA) is 29.1 Å². The van der Waals surface area contributed by atoms with Crippen molar-refractivity contribution in [3.8, 4) is 0 Å². The summed E-state index contributed by atoms with van der Waals surface area (Å²) in [5.41, 5.74) is 5.43. The van der Waals surface area contributed by atoms with E-state index in [1.54, 1.807) is 0 Å². The number of nitrogens with one attached hydrogen (secondary N) is 1. The molecule has 0 spiro atoms. The van der Waals surface area contributed by atoms with E-state index in [2.05, 4.69) is 48.6 Å². The van der Waals surface area contributed by atoms with Gasteiger partial charge in [0, 0.05) is 12.1 Å². The summed E-state index contributed by atoms with van der Waals surface area (Å²) in [6.07, 6.45) is 1.79. The minimum Gasteiger partial charge on any atom is -0.348 e. The molecule has 2 heteroatoms. The number of benzene rings is 3. The van der Waals surface area contributed by atoms with Crippen LogP contribution >= 0.6 is 0 Å². The number of hydrogen-bond donors (Lipinski definition) is 1. The Kier molecular flexibility index (Phi) is 5.63. The lowest BCUT2D eigenvalue weighted by atomic mass is 9.99. The highest BCUT2D eigenvalue weighted by Crippen LogP contribution is 2.15. The fourth-order valence-corrected chi connectivity index (χ4v) is 2.88. The molecule has 1 N–H and O–H groups in total. The molecule has 0 fully saturated rings. The maximum atomic E-state index is 12.6. The Morgan fingerprint density at radius 1 is 0.760 bits per heavy atom. The lowest BCUT2D eigenvalue weighted by Gasteiger charge is -2.11. The summed E-state index contributed by atoms with van der Waals surface area (Å²) in [5.74, 6) is -0.0221. The van der Waals surface area contributed by atoms with Crippen LogP contribution in [0.3, 0.4) is 0 Å². The van der Waals surface area contributed by atoms with Gasteiger partial charge in [0.1, 0.15) is 0 Å². The molecule has 0 saturated carbocycles. The van der Waals surface area contributed by atoms with Crippen molar-refractivity contribution in [2.24, 2.45) is 0 Å². The van der Waals surface area contributed by atoms with E-state index in [4.69, 9.17) is 0 Å². The number of carbonyl (C=O) groups excluding carboxylic acids is 1. The Bertz CT molecular complexity index is 822. The number of hydrogen-bond acceptors (Lipinski definition) is 1. The van der Waals surface area contributed by atoms with Crippen molar-refractivity contribution in [2.45, 2.75) is 26.3 Å². The van der Waals surface area contributed by atoms with E-state index in [1.807, 2.05) is 42.5 Å². The van der Waals surface area contributed by atoms with Crippen LogP contribution in [-0.2, 0) is 19.4 Å². The Morgan fingerprint density at radius 2 is 1.40 bits per heavy atom. The van der Waals surface area contributed by atoms with E-state index in [0.29, 0.717) is 6.54 Å². The number of rotatable bonds is 6. The molecule has 3 aromatic rings. The van der Waals surface area contributed by atoms with Gasteiger partial charge in [-0.3, -0.25) is 4.79 Å². The van der Waals surface area contributed by atoms with Crippen LogP contribution in [0, 0.1) is 0 Å². The monoisotopic (exact) mass is 329 g/mol. The molecule has 0 atom stereocenters. The fourth-order valence-electron chi connectivity index (χ4n) is 2.88. The predicted octanol–water partition coefficient (Wildman–Crippen LogP) is 4.77. The van der Waals surface area contributed by atoms with Crippen molar-refractivity contribution in [1.29, 1.82) is 0 Å². The van der Waals surface area contributed by atoms with E-state index in [0.717, 1.165) is 29.5 Å². The number of amides is 1.